The van der Waals surface area contributed by atoms with E-state index in [9.17, 15) is 4.79 Å². The Bertz CT molecular complexity index is 631. The molecular weight excluding hydrogens is 296 g/mol. The SMILES string of the molecule is COCCCNc1ncc(C(=O)Nc2ccccc2OC)cn1. The number of hydrogen-bond donors (Lipinski definition) is 2. The molecule has 2 N–H and O–H groups in total. The molecule has 0 saturated carbocycles. The van der Waals surface area contributed by atoms with Crippen molar-refractivity contribution in [2.75, 3.05) is 38.0 Å². The monoisotopic (exact) mass is 316 g/mol. The van der Waals surface area contributed by atoms with E-state index in [1.807, 2.05) is 12.1 Å². The Kier molecular flexibility index (Phi) is 6.31. The van der Waals surface area contributed by atoms with Crippen molar-refractivity contribution in [3.05, 3.63) is 42.2 Å². The maximum Gasteiger partial charge on any atom is 0.258 e. The van der Waals surface area contributed by atoms with Crippen LogP contribution in [0.2, 0.25) is 0 Å². The third-order valence-electron chi connectivity index (χ3n) is 3.08. The molecule has 0 spiro atoms. The molecule has 0 fully saturated rings. The Morgan fingerprint density at radius 2 is 1.91 bits per heavy atom. The lowest BCUT2D eigenvalue weighted by Crippen LogP contribution is -2.14. The van der Waals surface area contributed by atoms with E-state index in [0.29, 0.717) is 36.1 Å². The van der Waals surface area contributed by atoms with Gasteiger partial charge >= 0.3 is 0 Å². The smallest absolute Gasteiger partial charge is 0.258 e. The number of carbonyl (C=O) groups is 1. The molecule has 0 radical (unpaired) electrons. The molecule has 23 heavy (non-hydrogen) atoms. The van der Waals surface area contributed by atoms with Crippen molar-refractivity contribution in [1.82, 2.24) is 9.97 Å². The van der Waals surface area contributed by atoms with Crippen molar-refractivity contribution in [2.24, 2.45) is 0 Å². The number of aromatic nitrogens is 2. The fourth-order valence-corrected chi connectivity index (χ4v) is 1.90. The summed E-state index contributed by atoms with van der Waals surface area (Å²) in [5.41, 5.74) is 0.972. The van der Waals surface area contributed by atoms with Gasteiger partial charge in [0, 0.05) is 32.7 Å². The lowest BCUT2D eigenvalue weighted by Gasteiger charge is -2.10. The normalized spacial score (nSPS) is 10.2. The highest BCUT2D eigenvalue weighted by atomic mass is 16.5. The Morgan fingerprint density at radius 1 is 1.17 bits per heavy atom. The van der Waals surface area contributed by atoms with Crippen molar-refractivity contribution in [3.8, 4) is 5.75 Å². The first-order valence-electron chi connectivity index (χ1n) is 7.24. The first kappa shape index (κ1) is 16.7. The van der Waals surface area contributed by atoms with E-state index in [1.165, 1.54) is 12.4 Å². The van der Waals surface area contributed by atoms with Crippen molar-refractivity contribution in [1.29, 1.82) is 0 Å². The van der Waals surface area contributed by atoms with Crippen LogP contribution in [0, 0.1) is 0 Å². The van der Waals surface area contributed by atoms with Crippen molar-refractivity contribution >= 4 is 17.5 Å². The summed E-state index contributed by atoms with van der Waals surface area (Å²) in [6, 6.07) is 7.20. The molecule has 0 aliphatic heterocycles. The number of rotatable bonds is 8. The molecule has 0 aliphatic carbocycles. The van der Waals surface area contributed by atoms with Crippen molar-refractivity contribution < 1.29 is 14.3 Å². The zero-order valence-electron chi connectivity index (χ0n) is 13.2. The van der Waals surface area contributed by atoms with Crippen LogP contribution in [0.3, 0.4) is 0 Å². The van der Waals surface area contributed by atoms with Crippen LogP contribution in [-0.2, 0) is 4.74 Å². The first-order valence-corrected chi connectivity index (χ1v) is 7.24. The zero-order valence-corrected chi connectivity index (χ0v) is 13.2. The molecule has 0 saturated heterocycles. The average molecular weight is 316 g/mol. The molecule has 0 bridgehead atoms. The van der Waals surface area contributed by atoms with Crippen LogP contribution in [0.5, 0.6) is 5.75 Å². The van der Waals surface area contributed by atoms with Crippen LogP contribution in [0.1, 0.15) is 16.8 Å². The fourth-order valence-electron chi connectivity index (χ4n) is 1.90. The van der Waals surface area contributed by atoms with Crippen LogP contribution < -0.4 is 15.4 Å². The van der Waals surface area contributed by atoms with E-state index in [1.54, 1.807) is 26.4 Å². The molecule has 7 heteroatoms. The number of benzene rings is 1. The predicted molar refractivity (Wildman–Crippen MR) is 88.0 cm³/mol. The van der Waals surface area contributed by atoms with Crippen LogP contribution in [-0.4, -0.2) is 43.2 Å². The maximum absolute atomic E-state index is 12.2. The van der Waals surface area contributed by atoms with E-state index in [0.717, 1.165) is 6.42 Å². The van der Waals surface area contributed by atoms with Crippen LogP contribution in [0.25, 0.3) is 0 Å². The topological polar surface area (TPSA) is 85.4 Å². The molecule has 2 rings (SSSR count). The first-order chi connectivity index (χ1) is 11.2. The Labute approximate surface area is 135 Å². The van der Waals surface area contributed by atoms with Crippen molar-refractivity contribution in [3.63, 3.8) is 0 Å². The summed E-state index contributed by atoms with van der Waals surface area (Å²) >= 11 is 0. The maximum atomic E-state index is 12.2. The number of methoxy groups -OCH3 is 2. The van der Waals surface area contributed by atoms with Crippen LogP contribution >= 0.6 is 0 Å². The third kappa shape index (κ3) is 4.93. The zero-order chi connectivity index (χ0) is 16.5. The van der Waals surface area contributed by atoms with Gasteiger partial charge in [0.25, 0.3) is 5.91 Å². The van der Waals surface area contributed by atoms with Gasteiger partial charge in [-0.05, 0) is 18.6 Å². The summed E-state index contributed by atoms with van der Waals surface area (Å²) in [5.74, 6) is 0.786. The van der Waals surface area contributed by atoms with E-state index >= 15 is 0 Å². The van der Waals surface area contributed by atoms with Gasteiger partial charge in [-0.2, -0.15) is 0 Å². The highest BCUT2D eigenvalue weighted by molar-refractivity contribution is 6.04. The number of anilines is 2. The molecule has 1 heterocycles. The van der Waals surface area contributed by atoms with Gasteiger partial charge in [0.05, 0.1) is 18.4 Å². The standard InChI is InChI=1S/C16H20N4O3/c1-22-9-5-8-17-16-18-10-12(11-19-16)15(21)20-13-6-3-4-7-14(13)23-2/h3-4,6-7,10-11H,5,8-9H2,1-2H3,(H,20,21)(H,17,18,19). The van der Waals surface area contributed by atoms with Gasteiger partial charge in [0.1, 0.15) is 5.75 Å². The summed E-state index contributed by atoms with van der Waals surface area (Å²) in [7, 11) is 3.21. The number of carbonyl (C=O) groups excluding carboxylic acids is 1. The van der Waals surface area contributed by atoms with Gasteiger partial charge in [-0.3, -0.25) is 4.79 Å². The highest BCUT2D eigenvalue weighted by Crippen LogP contribution is 2.23. The molecular formula is C16H20N4O3. The largest absolute Gasteiger partial charge is 0.495 e. The van der Waals surface area contributed by atoms with E-state index in [-0.39, 0.29) is 5.91 Å². The Morgan fingerprint density at radius 3 is 2.61 bits per heavy atom. The molecule has 0 aliphatic rings. The van der Waals surface area contributed by atoms with E-state index < -0.39 is 0 Å². The minimum atomic E-state index is -0.291. The molecule has 1 aromatic carbocycles. The number of hydrogen-bond acceptors (Lipinski definition) is 6. The number of nitrogens with one attached hydrogen (secondary N) is 2. The van der Waals surface area contributed by atoms with E-state index in [2.05, 4.69) is 20.6 Å². The van der Waals surface area contributed by atoms with Gasteiger partial charge in [0.2, 0.25) is 5.95 Å². The van der Waals surface area contributed by atoms with E-state index in [4.69, 9.17) is 9.47 Å². The lowest BCUT2D eigenvalue weighted by molar-refractivity contribution is 0.102. The average Bonchev–Trinajstić information content (AvgIpc) is 2.59. The molecule has 1 amide bonds. The molecule has 0 atom stereocenters. The Hall–Kier alpha value is -2.67. The van der Waals surface area contributed by atoms with Gasteiger partial charge in [-0.1, -0.05) is 12.1 Å². The Balaban J connectivity index is 1.94. The number of ether oxygens (including phenoxy) is 2. The summed E-state index contributed by atoms with van der Waals surface area (Å²) in [6.07, 6.45) is 3.82. The molecule has 1 aromatic heterocycles. The van der Waals surface area contributed by atoms with Crippen molar-refractivity contribution in [2.45, 2.75) is 6.42 Å². The minimum Gasteiger partial charge on any atom is -0.495 e. The second kappa shape index (κ2) is 8.70. The molecule has 0 unspecified atom stereocenters. The highest BCUT2D eigenvalue weighted by Gasteiger charge is 2.10. The molecule has 122 valence electrons. The fraction of sp³-hybridized carbons (Fsp3) is 0.312. The summed E-state index contributed by atoms with van der Waals surface area (Å²) in [4.78, 5) is 20.5. The quantitative estimate of drug-likeness (QED) is 0.726. The number of nitrogens with zero attached hydrogens (tertiary/aromatic N) is 2. The summed E-state index contributed by atoms with van der Waals surface area (Å²) in [5, 5.41) is 5.84. The summed E-state index contributed by atoms with van der Waals surface area (Å²) < 4.78 is 10.2. The van der Waals surface area contributed by atoms with Crippen LogP contribution in [0.15, 0.2) is 36.7 Å². The van der Waals surface area contributed by atoms with Gasteiger partial charge in [-0.25, -0.2) is 9.97 Å². The minimum absolute atomic E-state index is 0.291. The van der Waals surface area contributed by atoms with Gasteiger partial charge in [-0.15, -0.1) is 0 Å². The van der Waals surface area contributed by atoms with Gasteiger partial charge < -0.3 is 20.1 Å². The van der Waals surface area contributed by atoms with Crippen LogP contribution in [0.4, 0.5) is 11.6 Å². The second-order valence-corrected chi connectivity index (χ2v) is 4.72. The van der Waals surface area contributed by atoms with Gasteiger partial charge in [0.15, 0.2) is 0 Å². The third-order valence-corrected chi connectivity index (χ3v) is 3.08. The lowest BCUT2D eigenvalue weighted by atomic mass is 10.2. The number of amides is 1. The number of para-hydroxylation sites is 2. The predicted octanol–water partition coefficient (Wildman–Crippen LogP) is 2.19. The second-order valence-electron chi connectivity index (χ2n) is 4.72. The molecule has 7 nitrogen and oxygen atoms in total. The summed E-state index contributed by atoms with van der Waals surface area (Å²) in [6.45, 7) is 1.38. The molecule has 2 aromatic rings.